The Bertz CT molecular complexity index is 780. The molecule has 0 aliphatic heterocycles. The average Bonchev–Trinajstić information content (AvgIpc) is 3.09. The summed E-state index contributed by atoms with van der Waals surface area (Å²) in [7, 11) is 0. The first kappa shape index (κ1) is 14.5. The lowest BCUT2D eigenvalue weighted by atomic mass is 10.0. The van der Waals surface area contributed by atoms with Crippen LogP contribution in [0.4, 0.5) is 5.82 Å². The number of hydrogen-bond acceptors (Lipinski definition) is 4. The van der Waals surface area contributed by atoms with Gasteiger partial charge in [-0.2, -0.15) is 0 Å². The quantitative estimate of drug-likeness (QED) is 0.702. The van der Waals surface area contributed by atoms with E-state index in [4.69, 9.17) is 0 Å². The number of phenols is 1. The van der Waals surface area contributed by atoms with Crippen molar-refractivity contribution in [3.8, 4) is 16.2 Å². The summed E-state index contributed by atoms with van der Waals surface area (Å²) >= 11 is 1.69. The summed E-state index contributed by atoms with van der Waals surface area (Å²) in [6, 6.07) is 13.7. The van der Waals surface area contributed by atoms with E-state index >= 15 is 0 Å². The second kappa shape index (κ2) is 6.54. The predicted octanol–water partition coefficient (Wildman–Crippen LogP) is 4.83. The third-order valence-electron chi connectivity index (χ3n) is 3.39. The molecule has 0 aliphatic carbocycles. The molecule has 0 amide bonds. The highest BCUT2D eigenvalue weighted by Gasteiger charge is 2.09. The zero-order valence-corrected chi connectivity index (χ0v) is 13.0. The number of hydrogen-bond donors (Lipinski definition) is 1. The molecule has 0 bridgehead atoms. The van der Waals surface area contributed by atoms with Crippen LogP contribution in [-0.4, -0.2) is 16.3 Å². The maximum atomic E-state index is 10.4. The fourth-order valence-corrected chi connectivity index (χ4v) is 2.95. The van der Waals surface area contributed by atoms with Gasteiger partial charge in [-0.3, -0.25) is 0 Å². The minimum absolute atomic E-state index is 0.294. The highest BCUT2D eigenvalue weighted by atomic mass is 32.1. The molecule has 0 saturated heterocycles. The van der Waals surface area contributed by atoms with E-state index in [0.29, 0.717) is 17.1 Å². The number of nitrogens with zero attached hydrogens (tertiary/aromatic N) is 2. The summed E-state index contributed by atoms with van der Waals surface area (Å²) < 4.78 is 0. The molecule has 4 heteroatoms. The third kappa shape index (κ3) is 3.07. The van der Waals surface area contributed by atoms with Crippen molar-refractivity contribution in [3.63, 3.8) is 0 Å². The second-order valence-corrected chi connectivity index (χ2v) is 5.80. The standard InChI is InChI=1S/C18H16N2OS/c1-2-13-10-14(16-6-5-9-22-16)11-15(18(13)21)12-20-17-7-3-4-8-19-17/h3-12,21H,2H2,1H3/b20-12+. The molecule has 0 unspecified atom stereocenters. The van der Waals surface area contributed by atoms with Gasteiger partial charge in [-0.25, -0.2) is 9.98 Å². The van der Waals surface area contributed by atoms with Crippen molar-refractivity contribution >= 4 is 23.4 Å². The molecule has 2 heterocycles. The van der Waals surface area contributed by atoms with Gasteiger partial charge >= 0.3 is 0 Å². The monoisotopic (exact) mass is 308 g/mol. The number of benzene rings is 1. The molecule has 0 atom stereocenters. The highest BCUT2D eigenvalue weighted by Crippen LogP contribution is 2.32. The fourth-order valence-electron chi connectivity index (χ4n) is 2.24. The van der Waals surface area contributed by atoms with Crippen LogP contribution in [0.2, 0.25) is 0 Å². The first-order valence-electron chi connectivity index (χ1n) is 7.13. The number of aromatic hydroxyl groups is 1. The molecule has 1 N–H and O–H groups in total. The number of phenolic OH excluding ortho intramolecular Hbond substituents is 1. The normalized spacial score (nSPS) is 11.1. The van der Waals surface area contributed by atoms with Gasteiger partial charge < -0.3 is 5.11 Å². The van der Waals surface area contributed by atoms with E-state index < -0.39 is 0 Å². The average molecular weight is 308 g/mol. The summed E-state index contributed by atoms with van der Waals surface area (Å²) in [6.07, 6.45) is 4.15. The van der Waals surface area contributed by atoms with Crippen LogP contribution >= 0.6 is 11.3 Å². The van der Waals surface area contributed by atoms with Crippen LogP contribution in [0.3, 0.4) is 0 Å². The van der Waals surface area contributed by atoms with E-state index in [1.807, 2.05) is 43.3 Å². The van der Waals surface area contributed by atoms with Crippen molar-refractivity contribution in [2.75, 3.05) is 0 Å². The van der Waals surface area contributed by atoms with Crippen LogP contribution in [0.15, 0.2) is 59.0 Å². The molecule has 3 rings (SSSR count). The van der Waals surface area contributed by atoms with Crippen LogP contribution in [-0.2, 0) is 6.42 Å². The van der Waals surface area contributed by atoms with E-state index in [2.05, 4.69) is 21.4 Å². The zero-order chi connectivity index (χ0) is 15.4. The number of aryl methyl sites for hydroxylation is 1. The molecule has 1 aromatic carbocycles. The lowest BCUT2D eigenvalue weighted by Crippen LogP contribution is -1.91. The van der Waals surface area contributed by atoms with E-state index in [1.165, 1.54) is 4.88 Å². The zero-order valence-electron chi connectivity index (χ0n) is 12.2. The molecule has 0 fully saturated rings. The lowest BCUT2D eigenvalue weighted by Gasteiger charge is -2.08. The van der Waals surface area contributed by atoms with Gasteiger partial charge in [0.05, 0.1) is 0 Å². The van der Waals surface area contributed by atoms with Gasteiger partial charge in [0.25, 0.3) is 0 Å². The Labute approximate surface area is 133 Å². The highest BCUT2D eigenvalue weighted by molar-refractivity contribution is 7.13. The number of thiophene rings is 1. The lowest BCUT2D eigenvalue weighted by molar-refractivity contribution is 0.468. The van der Waals surface area contributed by atoms with Gasteiger partial charge in [0.2, 0.25) is 0 Å². The summed E-state index contributed by atoms with van der Waals surface area (Å²) in [4.78, 5) is 9.69. The Morgan fingerprint density at radius 3 is 2.82 bits per heavy atom. The Kier molecular flexibility index (Phi) is 4.30. The predicted molar refractivity (Wildman–Crippen MR) is 92.3 cm³/mol. The minimum Gasteiger partial charge on any atom is -0.507 e. The van der Waals surface area contributed by atoms with E-state index in [9.17, 15) is 5.11 Å². The van der Waals surface area contributed by atoms with Crippen molar-refractivity contribution in [2.45, 2.75) is 13.3 Å². The Hall–Kier alpha value is -2.46. The van der Waals surface area contributed by atoms with Gasteiger partial charge in [0.1, 0.15) is 5.75 Å². The van der Waals surface area contributed by atoms with Crippen molar-refractivity contribution in [2.24, 2.45) is 4.99 Å². The molecule has 0 spiro atoms. The Morgan fingerprint density at radius 1 is 1.23 bits per heavy atom. The van der Waals surface area contributed by atoms with Crippen molar-refractivity contribution in [1.82, 2.24) is 4.98 Å². The molecular formula is C18H16N2OS. The summed E-state index contributed by atoms with van der Waals surface area (Å²) in [5, 5.41) is 12.4. The Balaban J connectivity index is 2.03. The molecule has 110 valence electrons. The van der Waals surface area contributed by atoms with Gasteiger partial charge in [0, 0.05) is 22.9 Å². The van der Waals surface area contributed by atoms with Gasteiger partial charge in [-0.15, -0.1) is 11.3 Å². The van der Waals surface area contributed by atoms with Crippen LogP contribution in [0.1, 0.15) is 18.1 Å². The summed E-state index contributed by atoms with van der Waals surface area (Å²) in [6.45, 7) is 2.03. The number of pyridine rings is 1. The molecular weight excluding hydrogens is 292 g/mol. The van der Waals surface area contributed by atoms with Crippen LogP contribution in [0, 0.1) is 0 Å². The van der Waals surface area contributed by atoms with Gasteiger partial charge in [0.15, 0.2) is 5.82 Å². The number of aliphatic imine (C=N–C) groups is 1. The molecule has 0 saturated carbocycles. The van der Waals surface area contributed by atoms with Crippen molar-refractivity contribution < 1.29 is 5.11 Å². The molecule has 0 radical (unpaired) electrons. The van der Waals surface area contributed by atoms with Gasteiger partial charge in [-0.05, 0) is 53.3 Å². The molecule has 22 heavy (non-hydrogen) atoms. The van der Waals surface area contributed by atoms with Crippen molar-refractivity contribution in [1.29, 1.82) is 0 Å². The minimum atomic E-state index is 0.294. The van der Waals surface area contributed by atoms with E-state index in [1.54, 1.807) is 23.7 Å². The smallest absolute Gasteiger partial charge is 0.151 e. The summed E-state index contributed by atoms with van der Waals surface area (Å²) in [5.41, 5.74) is 2.74. The van der Waals surface area contributed by atoms with Gasteiger partial charge in [-0.1, -0.05) is 19.1 Å². The molecule has 0 aliphatic rings. The molecule has 3 nitrogen and oxygen atoms in total. The van der Waals surface area contributed by atoms with Crippen LogP contribution in [0.5, 0.6) is 5.75 Å². The summed E-state index contributed by atoms with van der Waals surface area (Å²) in [5.74, 6) is 0.920. The molecule has 3 aromatic rings. The first-order valence-corrected chi connectivity index (χ1v) is 8.00. The Morgan fingerprint density at radius 2 is 2.14 bits per heavy atom. The SMILES string of the molecule is CCc1cc(-c2cccs2)cc(/C=N/c2ccccn2)c1O. The second-order valence-electron chi connectivity index (χ2n) is 4.85. The fraction of sp³-hybridized carbons (Fsp3) is 0.111. The largest absolute Gasteiger partial charge is 0.507 e. The molecule has 2 aromatic heterocycles. The number of aromatic nitrogens is 1. The van der Waals surface area contributed by atoms with E-state index in [-0.39, 0.29) is 0 Å². The maximum Gasteiger partial charge on any atom is 0.151 e. The number of rotatable bonds is 4. The third-order valence-corrected chi connectivity index (χ3v) is 4.31. The van der Waals surface area contributed by atoms with Crippen LogP contribution in [0.25, 0.3) is 10.4 Å². The maximum absolute atomic E-state index is 10.4. The van der Waals surface area contributed by atoms with E-state index in [0.717, 1.165) is 17.5 Å². The van der Waals surface area contributed by atoms with Crippen molar-refractivity contribution in [3.05, 3.63) is 65.2 Å². The first-order chi connectivity index (χ1) is 10.8. The van der Waals surface area contributed by atoms with Crippen LogP contribution < -0.4 is 0 Å². The topological polar surface area (TPSA) is 45.5 Å².